The van der Waals surface area contributed by atoms with Gasteiger partial charge < -0.3 is 15.4 Å². The first-order valence-corrected chi connectivity index (χ1v) is 6.03. The molecule has 1 atom stereocenters. The van der Waals surface area contributed by atoms with Crippen LogP contribution in [0.1, 0.15) is 11.1 Å². The van der Waals surface area contributed by atoms with E-state index in [1.165, 1.54) is 12.0 Å². The first-order valence-electron chi connectivity index (χ1n) is 6.03. The van der Waals surface area contributed by atoms with E-state index in [-0.39, 0.29) is 37.0 Å². The minimum absolute atomic E-state index is 0. The second-order valence-electron chi connectivity index (χ2n) is 4.56. The van der Waals surface area contributed by atoms with E-state index in [1.807, 2.05) is 0 Å². The maximum Gasteiger partial charge on any atom is 0.242 e. The van der Waals surface area contributed by atoms with Crippen molar-refractivity contribution in [3.8, 4) is 0 Å². The first-order chi connectivity index (χ1) is 9.04. The van der Waals surface area contributed by atoms with Gasteiger partial charge in [0.05, 0.1) is 6.61 Å². The van der Waals surface area contributed by atoms with Crippen molar-refractivity contribution in [2.24, 2.45) is 5.73 Å². The maximum atomic E-state index is 13.7. The molecular weight excluding hydrogens is 290 g/mol. The summed E-state index contributed by atoms with van der Waals surface area (Å²) in [7, 11) is 1.45. The summed E-state index contributed by atoms with van der Waals surface area (Å²) in [5, 5.41) is 0. The second kappa shape index (κ2) is 6.97. The lowest BCUT2D eigenvalue weighted by atomic mass is 9.98. The molecule has 112 valence electrons. The number of fused-ring (bicyclic) bond motifs is 1. The van der Waals surface area contributed by atoms with E-state index < -0.39 is 17.7 Å². The number of methoxy groups -OCH3 is 1. The predicted molar refractivity (Wildman–Crippen MR) is 72.6 cm³/mol. The van der Waals surface area contributed by atoms with E-state index in [1.54, 1.807) is 0 Å². The number of ether oxygens (including phenoxy) is 1. The van der Waals surface area contributed by atoms with Gasteiger partial charge in [-0.05, 0) is 24.1 Å². The lowest BCUT2D eigenvalue weighted by Crippen LogP contribution is -2.48. The number of halogens is 3. The van der Waals surface area contributed by atoms with E-state index in [0.29, 0.717) is 18.5 Å². The molecule has 0 aromatic heterocycles. The van der Waals surface area contributed by atoms with Gasteiger partial charge in [0.25, 0.3) is 0 Å². The molecule has 7 heteroatoms. The quantitative estimate of drug-likeness (QED) is 0.914. The summed E-state index contributed by atoms with van der Waals surface area (Å²) in [6.07, 6.45) is 0.296. The Hall–Kier alpha value is -1.24. The molecule has 0 saturated carbocycles. The zero-order valence-electron chi connectivity index (χ0n) is 11.1. The normalized spacial score (nSPS) is 15.3. The lowest BCUT2D eigenvalue weighted by molar-refractivity contribution is -0.134. The third kappa shape index (κ3) is 3.26. The van der Waals surface area contributed by atoms with E-state index in [9.17, 15) is 13.6 Å². The van der Waals surface area contributed by atoms with Crippen LogP contribution in [0.4, 0.5) is 8.78 Å². The van der Waals surface area contributed by atoms with Gasteiger partial charge in [-0.3, -0.25) is 4.79 Å². The lowest BCUT2D eigenvalue weighted by Gasteiger charge is -2.31. The van der Waals surface area contributed by atoms with Gasteiger partial charge in [0.15, 0.2) is 0 Å². The number of hydrogen-bond donors (Lipinski definition) is 1. The summed E-state index contributed by atoms with van der Waals surface area (Å²) < 4.78 is 32.0. The van der Waals surface area contributed by atoms with Crippen molar-refractivity contribution in [1.29, 1.82) is 0 Å². The van der Waals surface area contributed by atoms with Crippen molar-refractivity contribution in [2.45, 2.75) is 19.0 Å². The van der Waals surface area contributed by atoms with Crippen molar-refractivity contribution >= 4 is 18.3 Å². The zero-order chi connectivity index (χ0) is 14.0. The van der Waals surface area contributed by atoms with Crippen LogP contribution in [-0.4, -0.2) is 37.1 Å². The fourth-order valence-corrected chi connectivity index (χ4v) is 2.27. The molecule has 0 aliphatic carbocycles. The zero-order valence-corrected chi connectivity index (χ0v) is 11.9. The monoisotopic (exact) mass is 306 g/mol. The Kier molecular flexibility index (Phi) is 5.86. The van der Waals surface area contributed by atoms with Crippen LogP contribution in [0.2, 0.25) is 0 Å². The van der Waals surface area contributed by atoms with Crippen LogP contribution in [0.5, 0.6) is 0 Å². The molecule has 2 rings (SSSR count). The number of rotatable bonds is 3. The molecule has 1 heterocycles. The molecule has 0 bridgehead atoms. The van der Waals surface area contributed by atoms with Gasteiger partial charge in [0, 0.05) is 25.8 Å². The molecule has 4 nitrogen and oxygen atoms in total. The van der Waals surface area contributed by atoms with Crippen LogP contribution in [0.25, 0.3) is 0 Å². The molecular formula is C13H17ClF2N2O2. The van der Waals surface area contributed by atoms with Gasteiger partial charge >= 0.3 is 0 Å². The largest absolute Gasteiger partial charge is 0.383 e. The summed E-state index contributed by atoms with van der Waals surface area (Å²) in [5.41, 5.74) is 6.25. The molecule has 1 aliphatic rings. The number of amides is 1. The van der Waals surface area contributed by atoms with Crippen LogP contribution in [0, 0.1) is 11.6 Å². The van der Waals surface area contributed by atoms with Crippen LogP contribution in [0.15, 0.2) is 12.1 Å². The van der Waals surface area contributed by atoms with Crippen molar-refractivity contribution < 1.29 is 18.3 Å². The number of benzene rings is 1. The highest BCUT2D eigenvalue weighted by Crippen LogP contribution is 2.24. The number of carbonyl (C=O) groups is 1. The number of carbonyl (C=O) groups excluding carboxylic acids is 1. The van der Waals surface area contributed by atoms with Gasteiger partial charge in [-0.2, -0.15) is 0 Å². The standard InChI is InChI=1S/C13H16F2N2O2.ClH/c1-19-7-12(16)13(18)17-5-4-8-9(6-17)11(15)3-2-10(8)14;/h2-3,12H,4-7,16H2,1H3;1H. The molecule has 2 N–H and O–H groups in total. The Balaban J connectivity index is 0.00000200. The Labute approximate surface area is 122 Å². The summed E-state index contributed by atoms with van der Waals surface area (Å²) >= 11 is 0. The summed E-state index contributed by atoms with van der Waals surface area (Å²) in [5.74, 6) is -1.23. The molecule has 1 aliphatic heterocycles. The molecule has 1 unspecified atom stereocenters. The summed E-state index contributed by atoms with van der Waals surface area (Å²) in [6.45, 7) is 0.493. The third-order valence-corrected chi connectivity index (χ3v) is 3.27. The third-order valence-electron chi connectivity index (χ3n) is 3.27. The van der Waals surface area contributed by atoms with E-state index in [0.717, 1.165) is 12.1 Å². The topological polar surface area (TPSA) is 55.6 Å². The fraction of sp³-hybridized carbons (Fsp3) is 0.462. The Morgan fingerprint density at radius 2 is 2.00 bits per heavy atom. The second-order valence-corrected chi connectivity index (χ2v) is 4.56. The van der Waals surface area contributed by atoms with Gasteiger partial charge in [-0.25, -0.2) is 8.78 Å². The highest BCUT2D eigenvalue weighted by atomic mass is 35.5. The minimum Gasteiger partial charge on any atom is -0.383 e. The van der Waals surface area contributed by atoms with Crippen molar-refractivity contribution in [3.05, 3.63) is 34.9 Å². The van der Waals surface area contributed by atoms with E-state index in [2.05, 4.69) is 0 Å². The van der Waals surface area contributed by atoms with Gasteiger partial charge in [0.2, 0.25) is 5.91 Å². The number of hydrogen-bond acceptors (Lipinski definition) is 3. The molecule has 1 aromatic carbocycles. The van der Waals surface area contributed by atoms with Crippen molar-refractivity contribution in [3.63, 3.8) is 0 Å². The predicted octanol–water partition coefficient (Wildman–Crippen LogP) is 1.25. The van der Waals surface area contributed by atoms with Gasteiger partial charge in [0.1, 0.15) is 17.7 Å². The van der Waals surface area contributed by atoms with Gasteiger partial charge in [-0.15, -0.1) is 12.4 Å². The fourth-order valence-electron chi connectivity index (χ4n) is 2.27. The number of nitrogens with zero attached hydrogens (tertiary/aromatic N) is 1. The van der Waals surface area contributed by atoms with E-state index >= 15 is 0 Å². The van der Waals surface area contributed by atoms with E-state index in [4.69, 9.17) is 10.5 Å². The molecule has 0 spiro atoms. The Bertz CT molecular complexity index is 500. The molecule has 0 radical (unpaired) electrons. The molecule has 1 aromatic rings. The molecule has 20 heavy (non-hydrogen) atoms. The minimum atomic E-state index is -0.775. The Morgan fingerprint density at radius 1 is 1.40 bits per heavy atom. The summed E-state index contributed by atoms with van der Waals surface area (Å²) in [4.78, 5) is 13.4. The summed E-state index contributed by atoms with van der Waals surface area (Å²) in [6, 6.07) is 1.42. The maximum absolute atomic E-state index is 13.7. The van der Waals surface area contributed by atoms with Crippen molar-refractivity contribution in [1.82, 2.24) is 4.90 Å². The smallest absolute Gasteiger partial charge is 0.242 e. The average molecular weight is 307 g/mol. The average Bonchev–Trinajstić information content (AvgIpc) is 2.42. The molecule has 0 saturated heterocycles. The number of nitrogens with two attached hydrogens (primary N) is 1. The van der Waals surface area contributed by atoms with Crippen LogP contribution >= 0.6 is 12.4 Å². The SMILES string of the molecule is COCC(N)C(=O)N1CCc2c(F)ccc(F)c2C1.Cl. The van der Waals surface area contributed by atoms with Crippen LogP contribution in [0.3, 0.4) is 0 Å². The molecule has 0 fully saturated rings. The van der Waals surface area contributed by atoms with Crippen LogP contribution in [-0.2, 0) is 22.5 Å². The molecule has 1 amide bonds. The van der Waals surface area contributed by atoms with Crippen LogP contribution < -0.4 is 5.73 Å². The van der Waals surface area contributed by atoms with Crippen molar-refractivity contribution in [2.75, 3.05) is 20.3 Å². The highest BCUT2D eigenvalue weighted by Gasteiger charge is 2.28. The Morgan fingerprint density at radius 3 is 2.60 bits per heavy atom. The highest BCUT2D eigenvalue weighted by molar-refractivity contribution is 5.85. The first kappa shape index (κ1) is 16.8. The van der Waals surface area contributed by atoms with Gasteiger partial charge in [-0.1, -0.05) is 0 Å².